The highest BCUT2D eigenvalue weighted by Crippen LogP contribution is 2.19. The van der Waals surface area contributed by atoms with E-state index in [1.54, 1.807) is 6.07 Å². The SMILES string of the molecule is N#Cc1ccc2nc(N)n(CCN3CCSCC3)c2c1. The Kier molecular flexibility index (Phi) is 3.81. The molecule has 5 nitrogen and oxygen atoms in total. The highest BCUT2D eigenvalue weighted by molar-refractivity contribution is 7.99. The van der Waals surface area contributed by atoms with Crippen LogP contribution in [0.15, 0.2) is 18.2 Å². The van der Waals surface area contributed by atoms with Crippen molar-refractivity contribution in [3.05, 3.63) is 23.8 Å². The fraction of sp³-hybridized carbons (Fsp3) is 0.429. The summed E-state index contributed by atoms with van der Waals surface area (Å²) in [6, 6.07) is 7.67. The van der Waals surface area contributed by atoms with Gasteiger partial charge in [-0.25, -0.2) is 4.98 Å². The van der Waals surface area contributed by atoms with Crippen LogP contribution in [0.25, 0.3) is 11.0 Å². The number of hydrogen-bond acceptors (Lipinski definition) is 5. The van der Waals surface area contributed by atoms with Gasteiger partial charge in [-0.1, -0.05) is 0 Å². The van der Waals surface area contributed by atoms with Crippen LogP contribution in [0.4, 0.5) is 5.95 Å². The molecule has 1 aromatic carbocycles. The number of imidazole rings is 1. The summed E-state index contributed by atoms with van der Waals surface area (Å²) in [7, 11) is 0. The van der Waals surface area contributed by atoms with Crippen molar-refractivity contribution >= 4 is 28.7 Å². The van der Waals surface area contributed by atoms with Crippen molar-refractivity contribution in [2.75, 3.05) is 36.9 Å². The van der Waals surface area contributed by atoms with Crippen LogP contribution in [0, 0.1) is 11.3 Å². The molecule has 104 valence electrons. The monoisotopic (exact) mass is 287 g/mol. The van der Waals surface area contributed by atoms with Crippen LogP contribution in [-0.4, -0.2) is 45.6 Å². The average Bonchev–Trinajstić information content (AvgIpc) is 2.80. The topological polar surface area (TPSA) is 70.9 Å². The van der Waals surface area contributed by atoms with E-state index in [1.165, 1.54) is 11.5 Å². The third-order valence-electron chi connectivity index (χ3n) is 3.65. The first-order chi connectivity index (χ1) is 9.78. The highest BCUT2D eigenvalue weighted by Gasteiger charge is 2.13. The molecule has 1 aromatic heterocycles. The van der Waals surface area contributed by atoms with Crippen molar-refractivity contribution in [3.63, 3.8) is 0 Å². The van der Waals surface area contributed by atoms with Crippen molar-refractivity contribution in [1.29, 1.82) is 5.26 Å². The first-order valence-electron chi connectivity index (χ1n) is 6.74. The minimum Gasteiger partial charge on any atom is -0.369 e. The predicted octanol–water partition coefficient (Wildman–Crippen LogP) is 1.54. The number of rotatable bonds is 3. The summed E-state index contributed by atoms with van der Waals surface area (Å²) in [5.41, 5.74) is 8.46. The van der Waals surface area contributed by atoms with Gasteiger partial charge in [-0.3, -0.25) is 4.90 Å². The predicted molar refractivity (Wildman–Crippen MR) is 82.6 cm³/mol. The molecule has 20 heavy (non-hydrogen) atoms. The van der Waals surface area contributed by atoms with Gasteiger partial charge in [-0.15, -0.1) is 0 Å². The van der Waals surface area contributed by atoms with E-state index in [2.05, 4.69) is 16.0 Å². The molecule has 1 fully saturated rings. The number of thioether (sulfide) groups is 1. The lowest BCUT2D eigenvalue weighted by Gasteiger charge is -2.26. The average molecular weight is 287 g/mol. The molecule has 2 aromatic rings. The van der Waals surface area contributed by atoms with Gasteiger partial charge >= 0.3 is 0 Å². The summed E-state index contributed by atoms with van der Waals surface area (Å²) in [6.07, 6.45) is 0. The van der Waals surface area contributed by atoms with Gasteiger partial charge in [0.25, 0.3) is 0 Å². The molecule has 1 aliphatic heterocycles. The number of aromatic nitrogens is 2. The van der Waals surface area contributed by atoms with Crippen molar-refractivity contribution in [2.24, 2.45) is 0 Å². The van der Waals surface area contributed by atoms with Crippen LogP contribution in [0.3, 0.4) is 0 Å². The van der Waals surface area contributed by atoms with Crippen LogP contribution >= 0.6 is 11.8 Å². The molecular weight excluding hydrogens is 270 g/mol. The maximum Gasteiger partial charge on any atom is 0.201 e. The first-order valence-corrected chi connectivity index (χ1v) is 7.89. The second-order valence-corrected chi connectivity index (χ2v) is 6.12. The molecule has 0 unspecified atom stereocenters. The molecule has 0 aliphatic carbocycles. The Bertz CT molecular complexity index is 651. The molecule has 2 heterocycles. The zero-order valence-electron chi connectivity index (χ0n) is 11.2. The van der Waals surface area contributed by atoms with Crippen LogP contribution < -0.4 is 5.73 Å². The van der Waals surface area contributed by atoms with Gasteiger partial charge in [0.2, 0.25) is 5.95 Å². The van der Waals surface area contributed by atoms with Crippen LogP contribution in [0.5, 0.6) is 0 Å². The molecule has 0 radical (unpaired) electrons. The van der Waals surface area contributed by atoms with Crippen LogP contribution in [-0.2, 0) is 6.54 Å². The second-order valence-electron chi connectivity index (χ2n) is 4.89. The lowest BCUT2D eigenvalue weighted by atomic mass is 10.2. The van der Waals surface area contributed by atoms with Crippen molar-refractivity contribution in [3.8, 4) is 6.07 Å². The van der Waals surface area contributed by atoms with Crippen molar-refractivity contribution < 1.29 is 0 Å². The van der Waals surface area contributed by atoms with E-state index in [0.717, 1.165) is 37.2 Å². The molecule has 0 amide bonds. The first kappa shape index (κ1) is 13.3. The standard InChI is InChI=1S/C14H17N5S/c15-10-11-1-2-12-13(9-11)19(14(16)17-12)4-3-18-5-7-20-8-6-18/h1-2,9H,3-8H2,(H2,16,17). The van der Waals surface area contributed by atoms with Gasteiger partial charge in [-0.2, -0.15) is 17.0 Å². The Balaban J connectivity index is 1.82. The van der Waals surface area contributed by atoms with Gasteiger partial charge in [0.05, 0.1) is 22.7 Å². The van der Waals surface area contributed by atoms with Crippen molar-refractivity contribution in [1.82, 2.24) is 14.5 Å². The molecule has 0 saturated carbocycles. The number of anilines is 1. The summed E-state index contributed by atoms with van der Waals surface area (Å²) in [5.74, 6) is 2.94. The van der Waals surface area contributed by atoms with E-state index in [1.807, 2.05) is 28.5 Å². The number of fused-ring (bicyclic) bond motifs is 1. The normalized spacial score (nSPS) is 16.4. The molecule has 0 atom stereocenters. The Morgan fingerprint density at radius 2 is 2.10 bits per heavy atom. The summed E-state index contributed by atoms with van der Waals surface area (Å²) in [5, 5.41) is 9.01. The molecule has 2 N–H and O–H groups in total. The number of nitrogens with two attached hydrogens (primary N) is 1. The Morgan fingerprint density at radius 3 is 2.85 bits per heavy atom. The second kappa shape index (κ2) is 5.73. The Labute approximate surface area is 122 Å². The lowest BCUT2D eigenvalue weighted by Crippen LogP contribution is -2.35. The fourth-order valence-electron chi connectivity index (χ4n) is 2.51. The van der Waals surface area contributed by atoms with Gasteiger partial charge in [0.1, 0.15) is 0 Å². The molecule has 1 saturated heterocycles. The van der Waals surface area contributed by atoms with Crippen molar-refractivity contribution in [2.45, 2.75) is 6.54 Å². The number of hydrogen-bond donors (Lipinski definition) is 1. The maximum atomic E-state index is 9.01. The van der Waals surface area contributed by atoms with Gasteiger partial charge in [0.15, 0.2) is 0 Å². The Hall–Kier alpha value is -1.71. The Morgan fingerprint density at radius 1 is 1.30 bits per heavy atom. The van der Waals surface area contributed by atoms with Crippen LogP contribution in [0.1, 0.15) is 5.56 Å². The summed E-state index contributed by atoms with van der Waals surface area (Å²) < 4.78 is 2.01. The molecule has 0 bridgehead atoms. The number of benzene rings is 1. The number of nitrogens with zero attached hydrogens (tertiary/aromatic N) is 4. The third kappa shape index (κ3) is 2.60. The largest absolute Gasteiger partial charge is 0.369 e. The van der Waals surface area contributed by atoms with E-state index >= 15 is 0 Å². The maximum absolute atomic E-state index is 9.01. The zero-order chi connectivity index (χ0) is 13.9. The third-order valence-corrected chi connectivity index (χ3v) is 4.59. The molecule has 0 spiro atoms. The molecule has 1 aliphatic rings. The number of nitriles is 1. The summed E-state index contributed by atoms with van der Waals surface area (Å²) in [6.45, 7) is 4.08. The van der Waals surface area contributed by atoms with E-state index in [0.29, 0.717) is 11.5 Å². The van der Waals surface area contributed by atoms with E-state index in [-0.39, 0.29) is 0 Å². The van der Waals surface area contributed by atoms with Gasteiger partial charge in [-0.05, 0) is 18.2 Å². The smallest absolute Gasteiger partial charge is 0.201 e. The minimum atomic E-state index is 0.529. The molecule has 3 rings (SSSR count). The number of nitrogen functional groups attached to an aromatic ring is 1. The van der Waals surface area contributed by atoms with E-state index in [9.17, 15) is 0 Å². The molecular formula is C14H17N5S. The van der Waals surface area contributed by atoms with Gasteiger partial charge in [0, 0.05) is 37.7 Å². The molecule has 6 heteroatoms. The highest BCUT2D eigenvalue weighted by atomic mass is 32.2. The van der Waals surface area contributed by atoms with Gasteiger partial charge < -0.3 is 10.3 Å². The fourth-order valence-corrected chi connectivity index (χ4v) is 3.49. The minimum absolute atomic E-state index is 0.529. The van der Waals surface area contributed by atoms with E-state index < -0.39 is 0 Å². The quantitative estimate of drug-likeness (QED) is 0.927. The summed E-state index contributed by atoms with van der Waals surface area (Å²) >= 11 is 2.01. The summed E-state index contributed by atoms with van der Waals surface area (Å²) in [4.78, 5) is 6.82. The van der Waals surface area contributed by atoms with E-state index in [4.69, 9.17) is 11.0 Å². The lowest BCUT2D eigenvalue weighted by molar-refractivity contribution is 0.291. The zero-order valence-corrected chi connectivity index (χ0v) is 12.1. The van der Waals surface area contributed by atoms with Crippen LogP contribution in [0.2, 0.25) is 0 Å².